The molecule has 1 aliphatic rings. The van der Waals surface area contributed by atoms with Gasteiger partial charge in [-0.25, -0.2) is 0 Å². The maximum atomic E-state index is 12.7. The van der Waals surface area contributed by atoms with E-state index in [1.165, 1.54) is 0 Å². The molecule has 1 heterocycles. The quantitative estimate of drug-likeness (QED) is 0.873. The largest absolute Gasteiger partial charge is 0.493 e. The number of rotatable bonds is 5. The number of likely N-dealkylation sites (N-methyl/N-ethyl adjacent to an activating group) is 1. The number of nitrogens with one attached hydrogen (secondary N) is 1. The summed E-state index contributed by atoms with van der Waals surface area (Å²) in [4.78, 5) is 14.3. The molecule has 1 N–H and O–H groups in total. The molecule has 7 heteroatoms. The van der Waals surface area contributed by atoms with E-state index in [9.17, 15) is 4.79 Å². The van der Waals surface area contributed by atoms with Gasteiger partial charge in [-0.1, -0.05) is 0 Å². The molecule has 0 bridgehead atoms. The fraction of sp³-hybridized carbons (Fsp3) is 0.562. The lowest BCUT2D eigenvalue weighted by Crippen LogP contribution is -2.55. The van der Waals surface area contributed by atoms with Crippen LogP contribution in [0.4, 0.5) is 5.69 Å². The molecule has 7 nitrogen and oxygen atoms in total. The number of methoxy groups -OCH3 is 3. The van der Waals surface area contributed by atoms with Gasteiger partial charge in [0.2, 0.25) is 11.7 Å². The van der Waals surface area contributed by atoms with E-state index >= 15 is 0 Å². The van der Waals surface area contributed by atoms with E-state index in [0.29, 0.717) is 36.1 Å². The summed E-state index contributed by atoms with van der Waals surface area (Å²) in [6.45, 7) is 3.15. The zero-order chi connectivity index (χ0) is 17.0. The molecule has 2 rings (SSSR count). The SMILES string of the molecule is COc1cc(N(C)C(=O)[C@H]2NCCO[C@@H]2C)cc(OC)c1OC. The lowest BCUT2D eigenvalue weighted by molar-refractivity contribution is -0.126. The average Bonchev–Trinajstić information content (AvgIpc) is 2.59. The molecule has 2 atom stereocenters. The van der Waals surface area contributed by atoms with Crippen LogP contribution in [0, 0.1) is 0 Å². The van der Waals surface area contributed by atoms with Crippen molar-refractivity contribution in [2.75, 3.05) is 46.4 Å². The van der Waals surface area contributed by atoms with Gasteiger partial charge in [-0.15, -0.1) is 0 Å². The third-order valence-electron chi connectivity index (χ3n) is 3.95. The van der Waals surface area contributed by atoms with E-state index in [2.05, 4.69) is 5.32 Å². The first-order valence-corrected chi connectivity index (χ1v) is 7.46. The monoisotopic (exact) mass is 324 g/mol. The highest BCUT2D eigenvalue weighted by molar-refractivity contribution is 5.97. The van der Waals surface area contributed by atoms with Gasteiger partial charge >= 0.3 is 0 Å². The zero-order valence-corrected chi connectivity index (χ0v) is 14.2. The minimum absolute atomic E-state index is 0.0773. The standard InChI is InChI=1S/C16H24N2O5/c1-10-14(17-6-7-23-10)16(19)18(2)11-8-12(20-3)15(22-5)13(9-11)21-4/h8-10,14,17H,6-7H2,1-5H3/t10-,14+/m1/s1. The number of morpholine rings is 1. The third kappa shape index (κ3) is 3.51. The molecular formula is C16H24N2O5. The molecule has 1 saturated heterocycles. The second-order valence-electron chi connectivity index (χ2n) is 5.29. The summed E-state index contributed by atoms with van der Waals surface area (Å²) in [5.74, 6) is 1.42. The molecule has 0 spiro atoms. The van der Waals surface area contributed by atoms with E-state index in [4.69, 9.17) is 18.9 Å². The third-order valence-corrected chi connectivity index (χ3v) is 3.95. The van der Waals surface area contributed by atoms with Crippen LogP contribution in [0.2, 0.25) is 0 Å². The number of carbonyl (C=O) groups excluding carboxylic acids is 1. The van der Waals surface area contributed by atoms with E-state index in [1.807, 2.05) is 6.92 Å². The van der Waals surface area contributed by atoms with Gasteiger partial charge < -0.3 is 29.2 Å². The van der Waals surface area contributed by atoms with Crippen molar-refractivity contribution in [3.05, 3.63) is 12.1 Å². The summed E-state index contributed by atoms with van der Waals surface area (Å²) < 4.78 is 21.5. The Labute approximate surface area is 136 Å². The van der Waals surface area contributed by atoms with Crippen molar-refractivity contribution in [2.24, 2.45) is 0 Å². The number of hydrogen-bond donors (Lipinski definition) is 1. The molecule has 0 aliphatic carbocycles. The van der Waals surface area contributed by atoms with Gasteiger partial charge in [-0.05, 0) is 6.92 Å². The molecule has 1 amide bonds. The minimum atomic E-state index is -0.382. The number of ether oxygens (including phenoxy) is 4. The lowest BCUT2D eigenvalue weighted by Gasteiger charge is -2.32. The number of amides is 1. The number of hydrogen-bond acceptors (Lipinski definition) is 6. The first-order chi connectivity index (χ1) is 11.0. The summed E-state index contributed by atoms with van der Waals surface area (Å²) >= 11 is 0. The average molecular weight is 324 g/mol. The van der Waals surface area contributed by atoms with Crippen molar-refractivity contribution in [2.45, 2.75) is 19.1 Å². The smallest absolute Gasteiger partial charge is 0.246 e. The number of benzene rings is 1. The summed E-state index contributed by atoms with van der Waals surface area (Å²) in [6.07, 6.45) is -0.180. The molecule has 23 heavy (non-hydrogen) atoms. The molecule has 0 saturated carbocycles. The number of anilines is 1. The van der Waals surface area contributed by atoms with E-state index in [1.54, 1.807) is 45.4 Å². The van der Waals surface area contributed by atoms with Crippen molar-refractivity contribution in [1.82, 2.24) is 5.32 Å². The maximum Gasteiger partial charge on any atom is 0.246 e. The van der Waals surface area contributed by atoms with E-state index in [0.717, 1.165) is 0 Å². The molecule has 1 aliphatic heterocycles. The van der Waals surface area contributed by atoms with Gasteiger partial charge in [0.05, 0.1) is 39.7 Å². The Morgan fingerprint density at radius 2 is 1.83 bits per heavy atom. The summed E-state index contributed by atoms with van der Waals surface area (Å²) in [7, 11) is 6.34. The van der Waals surface area contributed by atoms with Crippen LogP contribution in [0.5, 0.6) is 17.2 Å². The van der Waals surface area contributed by atoms with Gasteiger partial charge in [0.1, 0.15) is 6.04 Å². The summed E-state index contributed by atoms with van der Waals surface area (Å²) in [5, 5.41) is 3.20. The molecule has 1 fully saturated rings. The van der Waals surface area contributed by atoms with Crippen molar-refractivity contribution < 1.29 is 23.7 Å². The van der Waals surface area contributed by atoms with Crippen LogP contribution in [-0.2, 0) is 9.53 Å². The number of nitrogens with zero attached hydrogens (tertiary/aromatic N) is 1. The molecule has 128 valence electrons. The van der Waals surface area contributed by atoms with Crippen LogP contribution in [0.3, 0.4) is 0 Å². The Morgan fingerprint density at radius 3 is 2.30 bits per heavy atom. The molecule has 1 aromatic carbocycles. The van der Waals surface area contributed by atoms with E-state index < -0.39 is 0 Å². The predicted octanol–water partition coefficient (Wildman–Crippen LogP) is 1.05. The highest BCUT2D eigenvalue weighted by atomic mass is 16.5. The van der Waals surface area contributed by atoms with Crippen LogP contribution >= 0.6 is 0 Å². The zero-order valence-electron chi connectivity index (χ0n) is 14.2. The van der Waals surface area contributed by atoms with Crippen LogP contribution in [-0.4, -0.2) is 59.6 Å². The molecule has 1 aromatic rings. The van der Waals surface area contributed by atoms with Gasteiger partial charge in [0.15, 0.2) is 11.5 Å². The van der Waals surface area contributed by atoms with Crippen molar-refractivity contribution in [3.8, 4) is 17.2 Å². The molecule has 0 unspecified atom stereocenters. The van der Waals surface area contributed by atoms with Crippen LogP contribution in [0.25, 0.3) is 0 Å². The Balaban J connectivity index is 2.31. The number of carbonyl (C=O) groups is 1. The molecule has 0 aromatic heterocycles. The van der Waals surface area contributed by atoms with Crippen molar-refractivity contribution in [1.29, 1.82) is 0 Å². The van der Waals surface area contributed by atoms with E-state index in [-0.39, 0.29) is 18.1 Å². The fourth-order valence-corrected chi connectivity index (χ4v) is 2.61. The lowest BCUT2D eigenvalue weighted by atomic mass is 10.1. The van der Waals surface area contributed by atoms with Gasteiger partial charge in [-0.2, -0.15) is 0 Å². The van der Waals surface area contributed by atoms with Crippen LogP contribution in [0.15, 0.2) is 12.1 Å². The second-order valence-corrected chi connectivity index (χ2v) is 5.29. The van der Waals surface area contributed by atoms with Crippen molar-refractivity contribution in [3.63, 3.8) is 0 Å². The summed E-state index contributed by atoms with van der Waals surface area (Å²) in [6, 6.07) is 3.11. The van der Waals surface area contributed by atoms with Gasteiger partial charge in [0.25, 0.3) is 0 Å². The fourth-order valence-electron chi connectivity index (χ4n) is 2.61. The van der Waals surface area contributed by atoms with Gasteiger partial charge in [0, 0.05) is 25.7 Å². The maximum absolute atomic E-state index is 12.7. The van der Waals surface area contributed by atoms with Crippen molar-refractivity contribution >= 4 is 11.6 Å². The Kier molecular flexibility index (Phi) is 5.68. The van der Waals surface area contributed by atoms with Crippen LogP contribution in [0.1, 0.15) is 6.92 Å². The topological polar surface area (TPSA) is 69.3 Å². The van der Waals surface area contributed by atoms with Crippen LogP contribution < -0.4 is 24.4 Å². The Morgan fingerprint density at radius 1 is 1.22 bits per heavy atom. The summed E-state index contributed by atoms with van der Waals surface area (Å²) in [5.41, 5.74) is 0.657. The highest BCUT2D eigenvalue weighted by Gasteiger charge is 2.31. The Bertz CT molecular complexity index is 538. The highest BCUT2D eigenvalue weighted by Crippen LogP contribution is 2.40. The molecular weight excluding hydrogens is 300 g/mol. The predicted molar refractivity (Wildman–Crippen MR) is 86.7 cm³/mol. The Hall–Kier alpha value is -1.99. The minimum Gasteiger partial charge on any atom is -0.493 e. The van der Waals surface area contributed by atoms with Gasteiger partial charge in [-0.3, -0.25) is 4.79 Å². The first-order valence-electron chi connectivity index (χ1n) is 7.46. The first kappa shape index (κ1) is 17.4. The second kappa shape index (κ2) is 7.52. The molecule has 0 radical (unpaired) electrons. The normalized spacial score (nSPS) is 20.7.